The SMILES string of the molecule is Cc1cc(C)nc(S[C@@H]2CCN(C[C@@H](O)[C@H](Cc3ccccc3)NC(=O)[C@H](CC(N)=O)NC(=O)c3ccc4ccccc4n3)C(C(=O)NC(C)(C)C)C2)n1. The van der Waals surface area contributed by atoms with Gasteiger partial charge in [0.05, 0.1) is 30.1 Å². The molecule has 54 heavy (non-hydrogen) atoms. The van der Waals surface area contributed by atoms with Crippen LogP contribution < -0.4 is 21.7 Å². The Bertz CT molecular complexity index is 1940. The number of aliphatic hydroxyl groups is 1. The molecule has 0 aliphatic carbocycles. The van der Waals surface area contributed by atoms with Crippen LogP contribution in [0.1, 0.15) is 67.5 Å². The van der Waals surface area contributed by atoms with Gasteiger partial charge in [0.25, 0.3) is 5.91 Å². The molecule has 1 aliphatic rings. The quantitative estimate of drug-likeness (QED) is 0.119. The summed E-state index contributed by atoms with van der Waals surface area (Å²) in [6.07, 6.45) is -0.145. The first kappa shape index (κ1) is 40.3. The molecule has 5 rings (SSSR count). The van der Waals surface area contributed by atoms with E-state index in [-0.39, 0.29) is 29.8 Å². The number of primary amides is 1. The summed E-state index contributed by atoms with van der Waals surface area (Å²) in [5.74, 6) is -2.28. The molecule has 2 aromatic carbocycles. The Morgan fingerprint density at radius 3 is 2.31 bits per heavy atom. The van der Waals surface area contributed by atoms with Crippen LogP contribution in [0, 0.1) is 13.8 Å². The highest BCUT2D eigenvalue weighted by molar-refractivity contribution is 7.99. The molecule has 1 saturated heterocycles. The Kier molecular flexibility index (Phi) is 13.4. The van der Waals surface area contributed by atoms with E-state index in [1.165, 1.54) is 0 Å². The molecule has 2 aromatic heterocycles. The van der Waals surface area contributed by atoms with Crippen molar-refractivity contribution in [1.29, 1.82) is 0 Å². The first-order valence-electron chi connectivity index (χ1n) is 18.2. The number of likely N-dealkylation sites (tertiary alicyclic amines) is 1. The number of para-hydroxylation sites is 1. The van der Waals surface area contributed by atoms with Gasteiger partial charge in [0.15, 0.2) is 5.16 Å². The van der Waals surface area contributed by atoms with Gasteiger partial charge < -0.3 is 26.8 Å². The Hall–Kier alpha value is -4.92. The molecule has 1 aliphatic heterocycles. The Morgan fingerprint density at radius 1 is 0.944 bits per heavy atom. The van der Waals surface area contributed by atoms with E-state index in [4.69, 9.17) is 5.73 Å². The first-order valence-corrected chi connectivity index (χ1v) is 19.0. The molecule has 0 bridgehead atoms. The molecular weight excluding hydrogens is 705 g/mol. The van der Waals surface area contributed by atoms with Crippen molar-refractivity contribution in [3.63, 3.8) is 0 Å². The number of pyridine rings is 1. The Morgan fingerprint density at radius 2 is 1.63 bits per heavy atom. The second-order valence-electron chi connectivity index (χ2n) is 14.9. The van der Waals surface area contributed by atoms with Crippen LogP contribution in [0.2, 0.25) is 0 Å². The van der Waals surface area contributed by atoms with E-state index in [0.29, 0.717) is 23.6 Å². The summed E-state index contributed by atoms with van der Waals surface area (Å²) in [5.41, 5.74) is 8.32. The monoisotopic (exact) mass is 754 g/mol. The number of thioether (sulfide) groups is 1. The van der Waals surface area contributed by atoms with E-state index in [1.54, 1.807) is 36.0 Å². The minimum Gasteiger partial charge on any atom is -0.390 e. The molecule has 5 atom stereocenters. The third-order valence-corrected chi connectivity index (χ3v) is 10.2. The zero-order valence-electron chi connectivity index (χ0n) is 31.4. The number of hydrogen-bond acceptors (Lipinski definition) is 10. The topological polar surface area (TPSA) is 193 Å². The van der Waals surface area contributed by atoms with Gasteiger partial charge in [-0.25, -0.2) is 15.0 Å². The van der Waals surface area contributed by atoms with Crippen molar-refractivity contribution < 1.29 is 24.3 Å². The smallest absolute Gasteiger partial charge is 0.270 e. The van der Waals surface area contributed by atoms with Gasteiger partial charge in [-0.1, -0.05) is 66.4 Å². The second kappa shape index (κ2) is 17.9. The molecule has 13 nitrogen and oxygen atoms in total. The number of carbonyl (C=O) groups excluding carboxylic acids is 4. The lowest BCUT2D eigenvalue weighted by molar-refractivity contribution is -0.130. The second-order valence-corrected chi connectivity index (χ2v) is 16.2. The summed E-state index contributed by atoms with van der Waals surface area (Å²) < 4.78 is 0. The number of fused-ring (bicyclic) bond motifs is 1. The summed E-state index contributed by atoms with van der Waals surface area (Å²) in [7, 11) is 0. The molecule has 6 N–H and O–H groups in total. The van der Waals surface area contributed by atoms with Crippen molar-refractivity contribution >= 4 is 46.3 Å². The van der Waals surface area contributed by atoms with Gasteiger partial charge in [-0.05, 0) is 77.6 Å². The largest absolute Gasteiger partial charge is 0.390 e. The fourth-order valence-electron chi connectivity index (χ4n) is 6.57. The van der Waals surface area contributed by atoms with Crippen molar-refractivity contribution in [1.82, 2.24) is 35.8 Å². The maximum Gasteiger partial charge on any atom is 0.270 e. The number of nitrogens with one attached hydrogen (secondary N) is 3. The lowest BCUT2D eigenvalue weighted by Crippen LogP contribution is -2.60. The molecule has 3 heterocycles. The molecule has 14 heteroatoms. The number of aryl methyl sites for hydroxylation is 2. The van der Waals surface area contributed by atoms with Crippen molar-refractivity contribution in [2.24, 2.45) is 5.73 Å². The summed E-state index contributed by atoms with van der Waals surface area (Å²) in [6, 6.07) is 19.1. The van der Waals surface area contributed by atoms with E-state index in [1.807, 2.05) is 88.0 Å². The number of amides is 4. The number of piperidine rings is 1. The van der Waals surface area contributed by atoms with E-state index in [2.05, 4.69) is 30.9 Å². The van der Waals surface area contributed by atoms with E-state index in [0.717, 1.165) is 28.8 Å². The van der Waals surface area contributed by atoms with Gasteiger partial charge in [0.1, 0.15) is 11.7 Å². The Balaban J connectivity index is 1.35. The molecule has 4 aromatic rings. The molecule has 0 spiro atoms. The van der Waals surface area contributed by atoms with Crippen LogP contribution in [-0.2, 0) is 20.8 Å². The number of β-amino-alcohol motifs (C(OH)–C–C–N with tert-alkyl or cyclic N) is 1. The lowest BCUT2D eigenvalue weighted by Gasteiger charge is -2.41. The zero-order valence-corrected chi connectivity index (χ0v) is 32.2. The van der Waals surface area contributed by atoms with Crippen LogP contribution in [0.5, 0.6) is 0 Å². The number of aromatic nitrogens is 3. The molecule has 286 valence electrons. The van der Waals surface area contributed by atoms with Gasteiger partial charge in [0, 0.05) is 40.7 Å². The number of nitrogens with zero attached hydrogens (tertiary/aromatic N) is 4. The van der Waals surface area contributed by atoms with E-state index >= 15 is 0 Å². The van der Waals surface area contributed by atoms with E-state index < -0.39 is 53.9 Å². The number of carbonyl (C=O) groups is 4. The van der Waals surface area contributed by atoms with Gasteiger partial charge in [-0.2, -0.15) is 0 Å². The van der Waals surface area contributed by atoms with Crippen molar-refractivity contribution in [2.45, 2.75) is 100 Å². The normalized spacial score (nSPS) is 18.0. The number of hydrogen-bond donors (Lipinski definition) is 5. The number of benzene rings is 2. The molecule has 1 fully saturated rings. The highest BCUT2D eigenvalue weighted by atomic mass is 32.2. The summed E-state index contributed by atoms with van der Waals surface area (Å²) in [4.78, 5) is 68.7. The number of nitrogens with two attached hydrogens (primary N) is 1. The van der Waals surface area contributed by atoms with Crippen LogP contribution in [-0.4, -0.2) is 96.7 Å². The maximum absolute atomic E-state index is 13.9. The third kappa shape index (κ3) is 11.5. The van der Waals surface area contributed by atoms with Crippen LogP contribution in [0.3, 0.4) is 0 Å². The standard InChI is InChI=1S/C40H50N8O5S/c1-24-19-25(2)43-39(42-24)54-28-17-18-48(33(21-28)38(53)47-40(3,4)5)23-34(49)31(20-26-11-7-6-8-12-26)45-37(52)32(22-35(41)50)46-36(51)30-16-15-27-13-9-10-14-29(27)44-30/h6-16,19,28,31-34,49H,17-18,20-23H2,1-5H3,(H2,41,50)(H,45,52)(H,46,51)(H,47,53)/t28-,31+,32+,33?,34-/m1/s1. The number of aliphatic hydroxyl groups excluding tert-OH is 1. The zero-order chi connectivity index (χ0) is 39.0. The lowest BCUT2D eigenvalue weighted by atomic mass is 9.96. The van der Waals surface area contributed by atoms with Crippen LogP contribution in [0.4, 0.5) is 0 Å². The van der Waals surface area contributed by atoms with Crippen molar-refractivity contribution in [3.8, 4) is 0 Å². The highest BCUT2D eigenvalue weighted by Gasteiger charge is 2.38. The molecular formula is C40H50N8O5S. The van der Waals surface area contributed by atoms with Crippen molar-refractivity contribution in [2.75, 3.05) is 13.1 Å². The van der Waals surface area contributed by atoms with Gasteiger partial charge in [0.2, 0.25) is 17.7 Å². The average molecular weight is 755 g/mol. The fraction of sp³-hybridized carbons (Fsp3) is 0.425. The molecule has 1 unspecified atom stereocenters. The van der Waals surface area contributed by atoms with Gasteiger partial charge in [-0.15, -0.1) is 0 Å². The van der Waals surface area contributed by atoms with E-state index in [9.17, 15) is 24.3 Å². The minimum absolute atomic E-state index is 0.0605. The average Bonchev–Trinajstić information content (AvgIpc) is 3.10. The van der Waals surface area contributed by atoms with Crippen molar-refractivity contribution in [3.05, 3.63) is 95.4 Å². The number of rotatable bonds is 14. The predicted molar refractivity (Wildman–Crippen MR) is 209 cm³/mol. The van der Waals surface area contributed by atoms with Gasteiger partial charge >= 0.3 is 0 Å². The highest BCUT2D eigenvalue weighted by Crippen LogP contribution is 2.32. The van der Waals surface area contributed by atoms with Gasteiger partial charge in [-0.3, -0.25) is 24.1 Å². The predicted octanol–water partition coefficient (Wildman–Crippen LogP) is 3.24. The summed E-state index contributed by atoms with van der Waals surface area (Å²) >= 11 is 1.56. The fourth-order valence-corrected chi connectivity index (χ4v) is 7.76. The minimum atomic E-state index is -1.33. The molecule has 0 radical (unpaired) electrons. The first-order chi connectivity index (χ1) is 25.6. The maximum atomic E-state index is 13.9. The Labute approximate surface area is 320 Å². The van der Waals surface area contributed by atoms with Crippen LogP contribution in [0.25, 0.3) is 10.9 Å². The summed E-state index contributed by atoms with van der Waals surface area (Å²) in [6.45, 7) is 10.2. The molecule has 0 saturated carbocycles. The molecule has 4 amide bonds. The summed E-state index contributed by atoms with van der Waals surface area (Å²) in [5, 5.41) is 22.1. The third-order valence-electron chi connectivity index (χ3n) is 9.07. The van der Waals surface area contributed by atoms with Crippen LogP contribution >= 0.6 is 11.8 Å². The van der Waals surface area contributed by atoms with Crippen LogP contribution in [0.15, 0.2) is 78.0 Å².